The Morgan fingerprint density at radius 2 is 1.71 bits per heavy atom. The van der Waals surface area contributed by atoms with E-state index >= 15 is 0 Å². The van der Waals surface area contributed by atoms with Gasteiger partial charge in [-0.25, -0.2) is 9.18 Å². The highest BCUT2D eigenvalue weighted by atomic mass is 19.1. The molecule has 2 aromatic rings. The topological polar surface area (TPSA) is 49.9 Å². The Kier molecular flexibility index (Phi) is 6.42. The fourth-order valence-corrected chi connectivity index (χ4v) is 3.02. The normalized spacial score (nSPS) is 14.4. The molecule has 1 saturated heterocycles. The second-order valence-electron chi connectivity index (χ2n) is 6.67. The lowest BCUT2D eigenvalue weighted by Gasteiger charge is -2.36. The van der Waals surface area contributed by atoms with Gasteiger partial charge in [0.2, 0.25) is 0 Å². The largest absolute Gasteiger partial charge is 0.452 e. The third-order valence-corrected chi connectivity index (χ3v) is 4.65. The predicted molar refractivity (Wildman–Crippen MR) is 106 cm³/mol. The number of halogens is 1. The molecule has 0 bridgehead atoms. The van der Waals surface area contributed by atoms with Crippen LogP contribution in [0, 0.1) is 12.7 Å². The highest BCUT2D eigenvalue weighted by Crippen LogP contribution is 2.20. The molecule has 3 rings (SSSR count). The minimum atomic E-state index is -0.557. The first-order valence-corrected chi connectivity index (χ1v) is 9.22. The van der Waals surface area contributed by atoms with E-state index in [4.69, 9.17) is 4.74 Å². The van der Waals surface area contributed by atoms with Gasteiger partial charge in [-0.15, -0.1) is 0 Å². The van der Waals surface area contributed by atoms with Crippen molar-refractivity contribution in [3.63, 3.8) is 0 Å². The molecule has 0 saturated carbocycles. The molecule has 0 aliphatic carbocycles. The molecule has 0 atom stereocenters. The number of carbonyl (C=O) groups excluding carboxylic acids is 2. The summed E-state index contributed by atoms with van der Waals surface area (Å²) >= 11 is 0. The van der Waals surface area contributed by atoms with Gasteiger partial charge in [0.05, 0.1) is 5.69 Å². The maximum absolute atomic E-state index is 13.9. The maximum Gasteiger partial charge on any atom is 0.331 e. The summed E-state index contributed by atoms with van der Waals surface area (Å²) in [6.45, 7) is 3.69. The van der Waals surface area contributed by atoms with Gasteiger partial charge in [0.1, 0.15) is 5.82 Å². The van der Waals surface area contributed by atoms with Crippen LogP contribution in [0.5, 0.6) is 0 Å². The number of hydrogen-bond acceptors (Lipinski definition) is 4. The highest BCUT2D eigenvalue weighted by Gasteiger charge is 2.23. The molecule has 0 aromatic heterocycles. The summed E-state index contributed by atoms with van der Waals surface area (Å²) in [4.78, 5) is 27.6. The van der Waals surface area contributed by atoms with E-state index in [0.29, 0.717) is 31.9 Å². The quantitative estimate of drug-likeness (QED) is 0.589. The maximum atomic E-state index is 13.9. The lowest BCUT2D eigenvalue weighted by Crippen LogP contribution is -2.50. The Bertz CT molecular complexity index is 856. The fourth-order valence-electron chi connectivity index (χ4n) is 3.02. The SMILES string of the molecule is Cc1ccc(/C=C/C(=O)OCC(=O)N2CCN(c3ccccc3F)CC2)cc1. The van der Waals surface area contributed by atoms with Crippen LogP contribution in [-0.2, 0) is 14.3 Å². The zero-order valence-electron chi connectivity index (χ0n) is 15.8. The zero-order chi connectivity index (χ0) is 19.9. The van der Waals surface area contributed by atoms with E-state index in [-0.39, 0.29) is 18.3 Å². The van der Waals surface area contributed by atoms with Crippen LogP contribution >= 0.6 is 0 Å². The van der Waals surface area contributed by atoms with Crippen LogP contribution in [0.3, 0.4) is 0 Å². The number of piperazine rings is 1. The average Bonchev–Trinajstić information content (AvgIpc) is 2.72. The molecule has 0 radical (unpaired) electrons. The standard InChI is InChI=1S/C22H23FN2O3/c1-17-6-8-18(9-7-17)10-11-22(27)28-16-21(26)25-14-12-24(13-15-25)20-5-3-2-4-19(20)23/h2-11H,12-16H2,1H3/b11-10+. The van der Waals surface area contributed by atoms with Crippen LogP contribution in [0.15, 0.2) is 54.6 Å². The summed E-state index contributed by atoms with van der Waals surface area (Å²) in [7, 11) is 0. The number of para-hydroxylation sites is 1. The van der Waals surface area contributed by atoms with Crippen LogP contribution in [0.25, 0.3) is 6.08 Å². The number of benzene rings is 2. The van der Waals surface area contributed by atoms with Crippen molar-refractivity contribution in [1.29, 1.82) is 0 Å². The molecule has 0 unspecified atom stereocenters. The highest BCUT2D eigenvalue weighted by molar-refractivity contribution is 5.89. The lowest BCUT2D eigenvalue weighted by molar-refractivity contribution is -0.148. The zero-order valence-corrected chi connectivity index (χ0v) is 15.8. The molecular weight excluding hydrogens is 359 g/mol. The number of anilines is 1. The summed E-state index contributed by atoms with van der Waals surface area (Å²) in [6.07, 6.45) is 2.97. The van der Waals surface area contributed by atoms with E-state index in [1.165, 1.54) is 12.1 Å². The van der Waals surface area contributed by atoms with Crippen LogP contribution in [0.2, 0.25) is 0 Å². The van der Waals surface area contributed by atoms with Crippen molar-refractivity contribution >= 4 is 23.6 Å². The van der Waals surface area contributed by atoms with Gasteiger partial charge in [-0.05, 0) is 30.7 Å². The lowest BCUT2D eigenvalue weighted by atomic mass is 10.1. The number of carbonyl (C=O) groups is 2. The molecule has 146 valence electrons. The molecule has 1 heterocycles. The van der Waals surface area contributed by atoms with Gasteiger partial charge >= 0.3 is 5.97 Å². The number of aryl methyl sites for hydroxylation is 1. The molecule has 0 N–H and O–H groups in total. The molecule has 2 aromatic carbocycles. The van der Waals surface area contributed by atoms with Crippen molar-refractivity contribution in [2.24, 2.45) is 0 Å². The second kappa shape index (κ2) is 9.17. The van der Waals surface area contributed by atoms with E-state index in [9.17, 15) is 14.0 Å². The average molecular weight is 382 g/mol. The van der Waals surface area contributed by atoms with Crippen molar-refractivity contribution in [3.8, 4) is 0 Å². The number of rotatable bonds is 5. The Hall–Kier alpha value is -3.15. The first-order chi connectivity index (χ1) is 13.5. The van der Waals surface area contributed by atoms with Gasteiger partial charge < -0.3 is 14.5 Å². The van der Waals surface area contributed by atoms with E-state index in [1.54, 1.807) is 29.2 Å². The number of hydrogen-bond donors (Lipinski definition) is 0. The van der Waals surface area contributed by atoms with Crippen LogP contribution < -0.4 is 4.90 Å². The Labute approximate surface area is 164 Å². The molecule has 5 nitrogen and oxygen atoms in total. The van der Waals surface area contributed by atoms with Crippen LogP contribution in [0.4, 0.5) is 10.1 Å². The second-order valence-corrected chi connectivity index (χ2v) is 6.67. The van der Waals surface area contributed by atoms with Crippen molar-refractivity contribution in [3.05, 3.63) is 71.6 Å². The minimum absolute atomic E-state index is 0.245. The van der Waals surface area contributed by atoms with Gasteiger partial charge in [0.15, 0.2) is 6.61 Å². The number of amides is 1. The van der Waals surface area contributed by atoms with E-state index in [1.807, 2.05) is 36.1 Å². The van der Waals surface area contributed by atoms with Crippen molar-refractivity contribution in [1.82, 2.24) is 4.90 Å². The third kappa shape index (κ3) is 5.19. The molecule has 1 fully saturated rings. The summed E-state index contributed by atoms with van der Waals surface area (Å²) in [5.74, 6) is -1.07. The van der Waals surface area contributed by atoms with Gasteiger partial charge in [0, 0.05) is 32.3 Å². The van der Waals surface area contributed by atoms with E-state index < -0.39 is 5.97 Å². The molecule has 1 aliphatic rings. The summed E-state index contributed by atoms with van der Waals surface area (Å²) in [5.41, 5.74) is 2.57. The monoisotopic (exact) mass is 382 g/mol. The Morgan fingerprint density at radius 1 is 1.04 bits per heavy atom. The number of ether oxygens (including phenoxy) is 1. The summed E-state index contributed by atoms with van der Waals surface area (Å²) in [6, 6.07) is 14.3. The Balaban J connectivity index is 1.43. The van der Waals surface area contributed by atoms with Crippen molar-refractivity contribution in [2.75, 3.05) is 37.7 Å². The molecule has 6 heteroatoms. The fraction of sp³-hybridized carbons (Fsp3) is 0.273. The molecule has 28 heavy (non-hydrogen) atoms. The van der Waals surface area contributed by atoms with Gasteiger partial charge in [-0.3, -0.25) is 4.79 Å². The van der Waals surface area contributed by atoms with E-state index in [0.717, 1.165) is 11.1 Å². The van der Waals surface area contributed by atoms with Crippen LogP contribution in [0.1, 0.15) is 11.1 Å². The summed E-state index contributed by atoms with van der Waals surface area (Å²) < 4.78 is 18.9. The van der Waals surface area contributed by atoms with Gasteiger partial charge in [-0.1, -0.05) is 42.0 Å². The smallest absolute Gasteiger partial charge is 0.331 e. The predicted octanol–water partition coefficient (Wildman–Crippen LogP) is 3.04. The number of nitrogens with zero attached hydrogens (tertiary/aromatic N) is 2. The van der Waals surface area contributed by atoms with E-state index in [2.05, 4.69) is 0 Å². The van der Waals surface area contributed by atoms with Crippen molar-refractivity contribution < 1.29 is 18.7 Å². The van der Waals surface area contributed by atoms with Gasteiger partial charge in [0.25, 0.3) is 5.91 Å². The van der Waals surface area contributed by atoms with Gasteiger partial charge in [-0.2, -0.15) is 0 Å². The third-order valence-electron chi connectivity index (χ3n) is 4.65. The first kappa shape index (κ1) is 19.6. The van der Waals surface area contributed by atoms with Crippen molar-refractivity contribution in [2.45, 2.75) is 6.92 Å². The molecule has 0 spiro atoms. The number of esters is 1. The minimum Gasteiger partial charge on any atom is -0.452 e. The first-order valence-electron chi connectivity index (χ1n) is 9.22. The van der Waals surface area contributed by atoms with Crippen LogP contribution in [-0.4, -0.2) is 49.6 Å². The Morgan fingerprint density at radius 3 is 2.39 bits per heavy atom. The molecule has 1 aliphatic heterocycles. The molecule has 1 amide bonds. The molecular formula is C22H23FN2O3. The summed E-state index contributed by atoms with van der Waals surface area (Å²) in [5, 5.41) is 0.